The fourth-order valence-electron chi connectivity index (χ4n) is 4.18. The van der Waals surface area contributed by atoms with Crippen LogP contribution in [0, 0.1) is 35.5 Å². The zero-order valence-corrected chi connectivity index (χ0v) is 9.00. The van der Waals surface area contributed by atoms with E-state index in [0.29, 0.717) is 0 Å². The number of rotatable bonds is 2. The fraction of sp³-hybridized carbons (Fsp3) is 1.00. The van der Waals surface area contributed by atoms with Crippen molar-refractivity contribution in [1.82, 2.24) is 0 Å². The van der Waals surface area contributed by atoms with Gasteiger partial charge < -0.3 is 0 Å². The normalized spacial score (nSPS) is 52.4. The molecule has 0 aliphatic heterocycles. The van der Waals surface area contributed by atoms with Crippen LogP contribution in [0.1, 0.15) is 46.0 Å². The SMILES string of the molecule is CC(C)CC1CC2CC2C2CCC12. The Morgan fingerprint density at radius 1 is 1.00 bits per heavy atom. The maximum absolute atomic E-state index is 2.40. The molecule has 0 radical (unpaired) electrons. The highest BCUT2D eigenvalue weighted by molar-refractivity contribution is 5.05. The van der Waals surface area contributed by atoms with Crippen LogP contribution in [-0.2, 0) is 0 Å². The smallest absolute Gasteiger partial charge is 0.0352 e. The molecule has 3 rings (SSSR count). The van der Waals surface area contributed by atoms with Gasteiger partial charge in [-0.15, -0.1) is 0 Å². The van der Waals surface area contributed by atoms with Gasteiger partial charge in [0.1, 0.15) is 0 Å². The van der Waals surface area contributed by atoms with Crippen molar-refractivity contribution in [3.05, 3.63) is 0 Å². The molecule has 74 valence electrons. The lowest BCUT2D eigenvalue weighted by Gasteiger charge is -2.46. The second kappa shape index (κ2) is 2.74. The summed E-state index contributed by atoms with van der Waals surface area (Å²) in [5.74, 6) is 6.82. The van der Waals surface area contributed by atoms with E-state index in [1.165, 1.54) is 30.1 Å². The van der Waals surface area contributed by atoms with Gasteiger partial charge in [-0.3, -0.25) is 0 Å². The Kier molecular flexibility index (Phi) is 1.76. The number of fused-ring (bicyclic) bond motifs is 3. The molecule has 3 fully saturated rings. The van der Waals surface area contributed by atoms with E-state index in [9.17, 15) is 0 Å². The first-order chi connectivity index (χ1) is 6.25. The molecular weight excluding hydrogens is 156 g/mol. The summed E-state index contributed by atoms with van der Waals surface area (Å²) in [5, 5.41) is 0. The minimum atomic E-state index is 0.932. The quantitative estimate of drug-likeness (QED) is 0.604. The van der Waals surface area contributed by atoms with Crippen molar-refractivity contribution in [2.45, 2.75) is 46.0 Å². The van der Waals surface area contributed by atoms with E-state index >= 15 is 0 Å². The molecule has 13 heavy (non-hydrogen) atoms. The van der Waals surface area contributed by atoms with Crippen LogP contribution in [0.15, 0.2) is 0 Å². The molecule has 3 aliphatic carbocycles. The highest BCUT2D eigenvalue weighted by Crippen LogP contribution is 2.64. The van der Waals surface area contributed by atoms with Crippen LogP contribution < -0.4 is 0 Å². The first-order valence-corrected chi connectivity index (χ1v) is 6.25. The van der Waals surface area contributed by atoms with Crippen LogP contribution in [0.25, 0.3) is 0 Å². The second-order valence-corrected chi connectivity index (χ2v) is 6.19. The van der Waals surface area contributed by atoms with Gasteiger partial charge in [0.15, 0.2) is 0 Å². The largest absolute Gasteiger partial charge is 0.0628 e. The molecule has 0 N–H and O–H groups in total. The molecule has 0 heteroatoms. The molecule has 0 amide bonds. The third kappa shape index (κ3) is 1.25. The monoisotopic (exact) mass is 178 g/mol. The predicted molar refractivity (Wildman–Crippen MR) is 55.4 cm³/mol. The molecule has 3 saturated carbocycles. The molecule has 0 aromatic carbocycles. The van der Waals surface area contributed by atoms with E-state index in [0.717, 1.165) is 11.8 Å². The van der Waals surface area contributed by atoms with Crippen molar-refractivity contribution in [1.29, 1.82) is 0 Å². The summed E-state index contributed by atoms with van der Waals surface area (Å²) in [7, 11) is 0. The zero-order chi connectivity index (χ0) is 9.00. The third-order valence-corrected chi connectivity index (χ3v) is 4.90. The maximum atomic E-state index is 2.40. The Hall–Kier alpha value is 0. The summed E-state index contributed by atoms with van der Waals surface area (Å²) >= 11 is 0. The topological polar surface area (TPSA) is 0 Å². The lowest BCUT2D eigenvalue weighted by molar-refractivity contribution is 0.0317. The van der Waals surface area contributed by atoms with Gasteiger partial charge in [-0.05, 0) is 67.6 Å². The van der Waals surface area contributed by atoms with E-state index in [4.69, 9.17) is 0 Å². The first-order valence-electron chi connectivity index (χ1n) is 6.25. The van der Waals surface area contributed by atoms with E-state index in [1.54, 1.807) is 25.7 Å². The highest BCUT2D eigenvalue weighted by Gasteiger charge is 2.55. The summed E-state index contributed by atoms with van der Waals surface area (Å²) in [6.07, 6.45) is 7.88. The lowest BCUT2D eigenvalue weighted by Crippen LogP contribution is -2.38. The first kappa shape index (κ1) is 8.32. The molecule has 0 spiro atoms. The van der Waals surface area contributed by atoms with Crippen LogP contribution in [0.2, 0.25) is 0 Å². The van der Waals surface area contributed by atoms with Crippen LogP contribution in [0.5, 0.6) is 0 Å². The summed E-state index contributed by atoms with van der Waals surface area (Å²) in [6, 6.07) is 0. The molecule has 0 heterocycles. The minimum absolute atomic E-state index is 0.932. The third-order valence-electron chi connectivity index (χ3n) is 4.90. The zero-order valence-electron chi connectivity index (χ0n) is 9.00. The lowest BCUT2D eigenvalue weighted by atomic mass is 9.59. The maximum Gasteiger partial charge on any atom is -0.0352 e. The van der Waals surface area contributed by atoms with E-state index in [-0.39, 0.29) is 0 Å². The van der Waals surface area contributed by atoms with Gasteiger partial charge in [0, 0.05) is 0 Å². The van der Waals surface area contributed by atoms with Gasteiger partial charge >= 0.3 is 0 Å². The number of hydrogen-bond acceptors (Lipinski definition) is 0. The van der Waals surface area contributed by atoms with Crippen molar-refractivity contribution in [3.8, 4) is 0 Å². The van der Waals surface area contributed by atoms with Crippen LogP contribution >= 0.6 is 0 Å². The Balaban J connectivity index is 1.67. The van der Waals surface area contributed by atoms with E-state index < -0.39 is 0 Å². The summed E-state index contributed by atoms with van der Waals surface area (Å²) in [4.78, 5) is 0. The fourth-order valence-corrected chi connectivity index (χ4v) is 4.18. The predicted octanol–water partition coefficient (Wildman–Crippen LogP) is 3.71. The standard InChI is InChI=1S/C13H22/c1-8(2)5-9-6-10-7-13(10)12-4-3-11(9)12/h8-13H,3-7H2,1-2H3. The molecule has 5 atom stereocenters. The number of hydrogen-bond donors (Lipinski definition) is 0. The average molecular weight is 178 g/mol. The second-order valence-electron chi connectivity index (χ2n) is 6.19. The van der Waals surface area contributed by atoms with Crippen molar-refractivity contribution < 1.29 is 0 Å². The molecule has 3 aliphatic rings. The van der Waals surface area contributed by atoms with Crippen molar-refractivity contribution >= 4 is 0 Å². The Labute approximate surface area is 82.1 Å². The Morgan fingerprint density at radius 2 is 1.77 bits per heavy atom. The molecule has 5 unspecified atom stereocenters. The van der Waals surface area contributed by atoms with Crippen molar-refractivity contribution in [3.63, 3.8) is 0 Å². The molecule has 0 saturated heterocycles. The Morgan fingerprint density at radius 3 is 2.38 bits per heavy atom. The van der Waals surface area contributed by atoms with Crippen molar-refractivity contribution in [2.75, 3.05) is 0 Å². The van der Waals surface area contributed by atoms with Gasteiger partial charge in [-0.25, -0.2) is 0 Å². The van der Waals surface area contributed by atoms with E-state index in [1.807, 2.05) is 0 Å². The van der Waals surface area contributed by atoms with Crippen LogP contribution in [-0.4, -0.2) is 0 Å². The molecule has 0 aromatic heterocycles. The van der Waals surface area contributed by atoms with Crippen LogP contribution in [0.3, 0.4) is 0 Å². The highest BCUT2D eigenvalue weighted by atomic mass is 14.6. The summed E-state index contributed by atoms with van der Waals surface area (Å²) < 4.78 is 0. The van der Waals surface area contributed by atoms with Gasteiger partial charge in [0.05, 0.1) is 0 Å². The Bertz CT molecular complexity index is 204. The van der Waals surface area contributed by atoms with Gasteiger partial charge in [0.2, 0.25) is 0 Å². The van der Waals surface area contributed by atoms with E-state index in [2.05, 4.69) is 13.8 Å². The average Bonchev–Trinajstić information content (AvgIpc) is 2.62. The van der Waals surface area contributed by atoms with Crippen molar-refractivity contribution in [2.24, 2.45) is 35.5 Å². The molecule has 0 bridgehead atoms. The van der Waals surface area contributed by atoms with Crippen LogP contribution in [0.4, 0.5) is 0 Å². The molecule has 0 aromatic rings. The molecular formula is C13H22. The van der Waals surface area contributed by atoms with Gasteiger partial charge in [0.25, 0.3) is 0 Å². The summed E-state index contributed by atoms with van der Waals surface area (Å²) in [6.45, 7) is 4.79. The minimum Gasteiger partial charge on any atom is -0.0628 e. The van der Waals surface area contributed by atoms with Gasteiger partial charge in [-0.1, -0.05) is 13.8 Å². The summed E-state index contributed by atoms with van der Waals surface area (Å²) in [5.41, 5.74) is 0. The molecule has 0 nitrogen and oxygen atoms in total. The van der Waals surface area contributed by atoms with Gasteiger partial charge in [-0.2, -0.15) is 0 Å².